The Bertz CT molecular complexity index is 965. The molecule has 2 aromatic carbocycles. The second kappa shape index (κ2) is 8.27. The highest BCUT2D eigenvalue weighted by Crippen LogP contribution is 2.21. The van der Waals surface area contributed by atoms with Crippen molar-refractivity contribution >= 4 is 17.4 Å². The smallest absolute Gasteiger partial charge is 0.227 e. The fourth-order valence-electron chi connectivity index (χ4n) is 2.50. The number of nitrogens with one attached hydrogen (secondary N) is 1. The van der Waals surface area contributed by atoms with Crippen LogP contribution in [0, 0.1) is 0 Å². The molecule has 138 valence electrons. The third-order valence-electron chi connectivity index (χ3n) is 3.91. The van der Waals surface area contributed by atoms with E-state index in [1.54, 1.807) is 31.4 Å². The van der Waals surface area contributed by atoms with Crippen molar-refractivity contribution < 1.29 is 18.8 Å². The van der Waals surface area contributed by atoms with Crippen LogP contribution >= 0.6 is 0 Å². The van der Waals surface area contributed by atoms with Crippen molar-refractivity contribution in [1.29, 1.82) is 0 Å². The van der Waals surface area contributed by atoms with Crippen molar-refractivity contribution in [1.82, 2.24) is 10.1 Å². The van der Waals surface area contributed by atoms with Gasteiger partial charge in [0.15, 0.2) is 5.78 Å². The van der Waals surface area contributed by atoms with E-state index in [1.807, 2.05) is 24.3 Å². The van der Waals surface area contributed by atoms with Crippen LogP contribution in [0.4, 0.5) is 5.69 Å². The number of methoxy groups -OCH3 is 1. The van der Waals surface area contributed by atoms with Gasteiger partial charge in [-0.15, -0.1) is 0 Å². The molecular formula is C20H19N3O4. The number of rotatable bonds is 7. The molecule has 0 saturated carbocycles. The monoisotopic (exact) mass is 365 g/mol. The Morgan fingerprint density at radius 2 is 1.96 bits per heavy atom. The van der Waals surface area contributed by atoms with Crippen molar-refractivity contribution in [2.24, 2.45) is 0 Å². The minimum Gasteiger partial charge on any atom is -0.497 e. The Morgan fingerprint density at radius 3 is 2.74 bits per heavy atom. The first-order chi connectivity index (χ1) is 13.0. The molecule has 0 aliphatic rings. The number of hydrogen-bond donors (Lipinski definition) is 1. The number of aryl methyl sites for hydroxylation is 1. The first kappa shape index (κ1) is 18.3. The minimum absolute atomic E-state index is 0.0537. The van der Waals surface area contributed by atoms with E-state index in [0.29, 0.717) is 35.1 Å². The van der Waals surface area contributed by atoms with Crippen LogP contribution in [-0.2, 0) is 11.2 Å². The molecule has 0 unspecified atom stereocenters. The van der Waals surface area contributed by atoms with E-state index in [-0.39, 0.29) is 18.1 Å². The van der Waals surface area contributed by atoms with Crippen molar-refractivity contribution in [2.75, 3.05) is 12.4 Å². The predicted octanol–water partition coefficient (Wildman–Crippen LogP) is 3.52. The fraction of sp³-hybridized carbons (Fsp3) is 0.200. The van der Waals surface area contributed by atoms with E-state index in [0.717, 1.165) is 5.56 Å². The molecule has 1 amide bonds. The molecule has 0 spiro atoms. The summed E-state index contributed by atoms with van der Waals surface area (Å²) in [7, 11) is 1.59. The fourth-order valence-corrected chi connectivity index (χ4v) is 2.50. The van der Waals surface area contributed by atoms with Gasteiger partial charge in [-0.3, -0.25) is 9.59 Å². The molecule has 0 aliphatic carbocycles. The highest BCUT2D eigenvalue weighted by molar-refractivity contribution is 5.97. The number of anilines is 1. The maximum absolute atomic E-state index is 12.1. The van der Waals surface area contributed by atoms with Gasteiger partial charge in [0.25, 0.3) is 0 Å². The van der Waals surface area contributed by atoms with Crippen molar-refractivity contribution in [3.8, 4) is 17.1 Å². The molecule has 7 nitrogen and oxygen atoms in total. The topological polar surface area (TPSA) is 94.3 Å². The van der Waals surface area contributed by atoms with Crippen LogP contribution in [0.3, 0.4) is 0 Å². The zero-order valence-electron chi connectivity index (χ0n) is 15.1. The number of Topliss-reactive ketones (excluding diaryl/α,β-unsaturated/α-hetero) is 1. The standard InChI is InChI=1S/C20H19N3O4/c1-13(24)14-5-3-7-16(11-14)21-18(25)9-10-19-22-20(23-27-19)15-6-4-8-17(12-15)26-2/h3-8,11-12H,9-10H2,1-2H3,(H,21,25). The van der Waals surface area contributed by atoms with Gasteiger partial charge in [0, 0.05) is 29.7 Å². The molecule has 0 aliphatic heterocycles. The molecule has 0 atom stereocenters. The SMILES string of the molecule is COc1cccc(-c2noc(CCC(=O)Nc3cccc(C(C)=O)c3)n2)c1. The van der Waals surface area contributed by atoms with Gasteiger partial charge in [0.1, 0.15) is 5.75 Å². The zero-order chi connectivity index (χ0) is 19.2. The van der Waals surface area contributed by atoms with Gasteiger partial charge in [-0.25, -0.2) is 0 Å². The average Bonchev–Trinajstić information content (AvgIpc) is 3.16. The summed E-state index contributed by atoms with van der Waals surface area (Å²) in [6.45, 7) is 1.48. The van der Waals surface area contributed by atoms with Gasteiger partial charge in [0.2, 0.25) is 17.6 Å². The van der Waals surface area contributed by atoms with Crippen LogP contribution in [0.1, 0.15) is 29.6 Å². The number of aromatic nitrogens is 2. The van der Waals surface area contributed by atoms with Crippen molar-refractivity contribution in [3.05, 3.63) is 60.0 Å². The van der Waals surface area contributed by atoms with E-state index in [9.17, 15) is 9.59 Å². The summed E-state index contributed by atoms with van der Waals surface area (Å²) in [5.41, 5.74) is 1.90. The molecule has 0 saturated heterocycles. The first-order valence-electron chi connectivity index (χ1n) is 8.43. The average molecular weight is 365 g/mol. The quantitative estimate of drug-likeness (QED) is 0.644. The molecule has 27 heavy (non-hydrogen) atoms. The number of ether oxygens (including phenoxy) is 1. The van der Waals surface area contributed by atoms with Gasteiger partial charge >= 0.3 is 0 Å². The van der Waals surface area contributed by atoms with Crippen LogP contribution in [0.15, 0.2) is 53.1 Å². The van der Waals surface area contributed by atoms with E-state index < -0.39 is 0 Å². The van der Waals surface area contributed by atoms with Gasteiger partial charge in [-0.05, 0) is 31.2 Å². The molecule has 1 N–H and O–H groups in total. The number of ketones is 1. The third kappa shape index (κ3) is 4.78. The summed E-state index contributed by atoms with van der Waals surface area (Å²) in [4.78, 5) is 27.8. The highest BCUT2D eigenvalue weighted by atomic mass is 16.5. The Morgan fingerprint density at radius 1 is 1.15 bits per heavy atom. The largest absolute Gasteiger partial charge is 0.497 e. The normalized spacial score (nSPS) is 10.4. The van der Waals surface area contributed by atoms with Crippen LogP contribution in [0.25, 0.3) is 11.4 Å². The van der Waals surface area contributed by atoms with Crippen molar-refractivity contribution in [3.63, 3.8) is 0 Å². The lowest BCUT2D eigenvalue weighted by Gasteiger charge is -2.05. The summed E-state index contributed by atoms with van der Waals surface area (Å²) in [6, 6.07) is 14.1. The van der Waals surface area contributed by atoms with Crippen molar-refractivity contribution in [2.45, 2.75) is 19.8 Å². The summed E-state index contributed by atoms with van der Waals surface area (Å²) < 4.78 is 10.4. The van der Waals surface area contributed by atoms with Crippen LogP contribution in [0.5, 0.6) is 5.75 Å². The summed E-state index contributed by atoms with van der Waals surface area (Å²) in [6.07, 6.45) is 0.499. The Balaban J connectivity index is 1.59. The Kier molecular flexibility index (Phi) is 5.61. The first-order valence-corrected chi connectivity index (χ1v) is 8.43. The maximum Gasteiger partial charge on any atom is 0.227 e. The lowest BCUT2D eigenvalue weighted by molar-refractivity contribution is -0.116. The number of carbonyl (C=O) groups is 2. The summed E-state index contributed by atoms with van der Waals surface area (Å²) >= 11 is 0. The lowest BCUT2D eigenvalue weighted by atomic mass is 10.1. The van der Waals surface area contributed by atoms with Crippen LogP contribution in [0.2, 0.25) is 0 Å². The molecule has 1 aromatic heterocycles. The molecule has 7 heteroatoms. The Labute approximate surface area is 156 Å². The second-order valence-electron chi connectivity index (χ2n) is 5.93. The molecule has 3 aromatic rings. The second-order valence-corrected chi connectivity index (χ2v) is 5.93. The van der Waals surface area contributed by atoms with Gasteiger partial charge in [-0.1, -0.05) is 29.4 Å². The Hall–Kier alpha value is -3.48. The molecule has 0 bridgehead atoms. The van der Waals surface area contributed by atoms with Gasteiger partial charge < -0.3 is 14.6 Å². The van der Waals surface area contributed by atoms with E-state index >= 15 is 0 Å². The highest BCUT2D eigenvalue weighted by Gasteiger charge is 2.12. The summed E-state index contributed by atoms with van der Waals surface area (Å²) in [5.74, 6) is 1.27. The van der Waals surface area contributed by atoms with E-state index in [1.165, 1.54) is 6.92 Å². The van der Waals surface area contributed by atoms with Gasteiger partial charge in [-0.2, -0.15) is 4.98 Å². The number of nitrogens with zero attached hydrogens (tertiary/aromatic N) is 2. The predicted molar refractivity (Wildman–Crippen MR) is 99.7 cm³/mol. The van der Waals surface area contributed by atoms with E-state index in [2.05, 4.69) is 15.5 Å². The lowest BCUT2D eigenvalue weighted by Crippen LogP contribution is -2.12. The zero-order valence-corrected chi connectivity index (χ0v) is 15.1. The van der Waals surface area contributed by atoms with Crippen LogP contribution < -0.4 is 10.1 Å². The number of amides is 1. The van der Waals surface area contributed by atoms with Gasteiger partial charge in [0.05, 0.1) is 7.11 Å². The molecule has 3 rings (SSSR count). The van der Waals surface area contributed by atoms with E-state index in [4.69, 9.17) is 9.26 Å². The number of benzene rings is 2. The molecule has 0 fully saturated rings. The summed E-state index contributed by atoms with van der Waals surface area (Å²) in [5, 5.41) is 6.71. The number of carbonyl (C=O) groups excluding carboxylic acids is 2. The third-order valence-corrected chi connectivity index (χ3v) is 3.91. The van der Waals surface area contributed by atoms with Crippen LogP contribution in [-0.4, -0.2) is 28.9 Å². The molecular weight excluding hydrogens is 346 g/mol. The minimum atomic E-state index is -0.197. The molecule has 1 heterocycles. The number of hydrogen-bond acceptors (Lipinski definition) is 6. The molecule has 0 radical (unpaired) electrons. The maximum atomic E-state index is 12.1.